The zero-order valence-corrected chi connectivity index (χ0v) is 15.1. The summed E-state index contributed by atoms with van der Waals surface area (Å²) in [6.07, 6.45) is 5.75. The van der Waals surface area contributed by atoms with Crippen LogP contribution >= 0.6 is 0 Å². The molecule has 1 saturated heterocycles. The average Bonchev–Trinajstić information content (AvgIpc) is 3.09. The number of benzene rings is 1. The van der Waals surface area contributed by atoms with Gasteiger partial charge in [0.05, 0.1) is 17.6 Å². The third-order valence-electron chi connectivity index (χ3n) is 5.54. The monoisotopic (exact) mass is 341 g/mol. The third-order valence-corrected chi connectivity index (χ3v) is 5.54. The predicted molar refractivity (Wildman–Crippen MR) is 96.8 cm³/mol. The lowest BCUT2D eigenvalue weighted by atomic mass is 9.82. The van der Waals surface area contributed by atoms with Crippen LogP contribution in [0.4, 0.5) is 0 Å². The normalized spacial score (nSPS) is 22.9. The second-order valence-corrected chi connectivity index (χ2v) is 7.08. The molecule has 2 aromatic rings. The molecule has 2 aliphatic heterocycles. The zero-order chi connectivity index (χ0) is 17.3. The summed E-state index contributed by atoms with van der Waals surface area (Å²) in [5, 5.41) is 4.71. The summed E-state index contributed by atoms with van der Waals surface area (Å²) in [4.78, 5) is 2.53. The first-order chi connectivity index (χ1) is 12.3. The molecule has 0 aliphatic carbocycles. The van der Waals surface area contributed by atoms with E-state index < -0.39 is 0 Å². The van der Waals surface area contributed by atoms with Gasteiger partial charge < -0.3 is 14.4 Å². The standard InChI is InChI=1S/C20H27N3O2/c1-3-11-22-12-9-20(10-13-22)17-15-21-23(16-7-5-4-6-8-16)18(17)14-19(24-2)25-20/h4-8,15,19H,3,9-14H2,1-2H3/t19-/m1/s1. The molecule has 0 amide bonds. The number of hydrogen-bond donors (Lipinski definition) is 0. The Hall–Kier alpha value is -1.69. The Labute approximate surface area is 149 Å². The van der Waals surface area contributed by atoms with E-state index in [-0.39, 0.29) is 11.9 Å². The number of piperidine rings is 1. The second kappa shape index (κ2) is 6.90. The molecular formula is C20H27N3O2. The SMILES string of the molecule is CCCN1CCC2(CC1)O[C@@H](OC)Cc1c2cnn1-c1ccccc1. The molecule has 1 aromatic heterocycles. The van der Waals surface area contributed by atoms with Crippen molar-refractivity contribution in [3.05, 3.63) is 47.8 Å². The molecule has 2 aliphatic rings. The smallest absolute Gasteiger partial charge is 0.163 e. The number of aromatic nitrogens is 2. The van der Waals surface area contributed by atoms with E-state index in [9.17, 15) is 0 Å². The van der Waals surface area contributed by atoms with E-state index >= 15 is 0 Å². The van der Waals surface area contributed by atoms with Gasteiger partial charge in [0.25, 0.3) is 0 Å². The van der Waals surface area contributed by atoms with Crippen molar-refractivity contribution in [3.63, 3.8) is 0 Å². The van der Waals surface area contributed by atoms with Gasteiger partial charge in [-0.2, -0.15) is 5.10 Å². The maximum Gasteiger partial charge on any atom is 0.163 e. The first kappa shape index (κ1) is 16.8. The number of likely N-dealkylation sites (tertiary alicyclic amines) is 1. The zero-order valence-electron chi connectivity index (χ0n) is 15.1. The first-order valence-electron chi connectivity index (χ1n) is 9.31. The highest BCUT2D eigenvalue weighted by Crippen LogP contribution is 2.43. The minimum atomic E-state index is -0.258. The van der Waals surface area contributed by atoms with Gasteiger partial charge in [0.2, 0.25) is 0 Å². The van der Waals surface area contributed by atoms with Gasteiger partial charge in [0.15, 0.2) is 6.29 Å². The molecule has 0 radical (unpaired) electrons. The Morgan fingerprint density at radius 2 is 2.00 bits per heavy atom. The van der Waals surface area contributed by atoms with Crippen LogP contribution in [0.5, 0.6) is 0 Å². The summed E-state index contributed by atoms with van der Waals surface area (Å²) in [5.41, 5.74) is 3.32. The van der Waals surface area contributed by atoms with Crippen molar-refractivity contribution in [1.29, 1.82) is 0 Å². The van der Waals surface area contributed by atoms with Gasteiger partial charge in [-0.15, -0.1) is 0 Å². The summed E-state index contributed by atoms with van der Waals surface area (Å²) < 4.78 is 14.2. The van der Waals surface area contributed by atoms with Crippen LogP contribution in [-0.4, -0.2) is 47.7 Å². The molecule has 4 rings (SSSR count). The summed E-state index contributed by atoms with van der Waals surface area (Å²) in [6.45, 7) is 5.55. The number of methoxy groups -OCH3 is 1. The lowest BCUT2D eigenvalue weighted by molar-refractivity contribution is -0.227. The molecule has 5 nitrogen and oxygen atoms in total. The van der Waals surface area contributed by atoms with Crippen LogP contribution in [0.25, 0.3) is 5.69 Å². The van der Waals surface area contributed by atoms with Crippen molar-refractivity contribution >= 4 is 0 Å². The quantitative estimate of drug-likeness (QED) is 0.857. The van der Waals surface area contributed by atoms with E-state index in [0.29, 0.717) is 0 Å². The molecule has 1 fully saturated rings. The van der Waals surface area contributed by atoms with Gasteiger partial charge in [0.1, 0.15) is 5.60 Å². The number of rotatable bonds is 4. The van der Waals surface area contributed by atoms with Gasteiger partial charge in [-0.25, -0.2) is 4.68 Å². The fourth-order valence-corrected chi connectivity index (χ4v) is 4.23. The second-order valence-electron chi connectivity index (χ2n) is 7.08. The Morgan fingerprint density at radius 3 is 2.68 bits per heavy atom. The average molecular weight is 341 g/mol. The summed E-state index contributed by atoms with van der Waals surface area (Å²) in [7, 11) is 1.73. The van der Waals surface area contributed by atoms with Crippen molar-refractivity contribution in [3.8, 4) is 5.69 Å². The number of fused-ring (bicyclic) bond motifs is 2. The molecule has 0 saturated carbocycles. The molecule has 1 atom stereocenters. The molecule has 0 bridgehead atoms. The van der Waals surface area contributed by atoms with Gasteiger partial charge in [-0.1, -0.05) is 25.1 Å². The number of ether oxygens (including phenoxy) is 2. The van der Waals surface area contributed by atoms with Crippen LogP contribution < -0.4 is 0 Å². The van der Waals surface area contributed by atoms with E-state index in [1.165, 1.54) is 24.2 Å². The highest BCUT2D eigenvalue weighted by Gasteiger charge is 2.45. The first-order valence-corrected chi connectivity index (χ1v) is 9.31. The minimum absolute atomic E-state index is 0.204. The van der Waals surface area contributed by atoms with E-state index in [2.05, 4.69) is 40.8 Å². The summed E-state index contributed by atoms with van der Waals surface area (Å²) >= 11 is 0. The van der Waals surface area contributed by atoms with Crippen molar-refractivity contribution in [2.75, 3.05) is 26.7 Å². The van der Waals surface area contributed by atoms with Gasteiger partial charge in [-0.05, 0) is 37.9 Å². The van der Waals surface area contributed by atoms with Gasteiger partial charge in [-0.3, -0.25) is 0 Å². The lowest BCUT2D eigenvalue weighted by Crippen LogP contribution is -2.49. The maximum absolute atomic E-state index is 6.46. The third kappa shape index (κ3) is 3.01. The van der Waals surface area contributed by atoms with E-state index in [1.54, 1.807) is 7.11 Å². The van der Waals surface area contributed by atoms with Crippen molar-refractivity contribution in [2.24, 2.45) is 0 Å². The van der Waals surface area contributed by atoms with Crippen molar-refractivity contribution in [1.82, 2.24) is 14.7 Å². The van der Waals surface area contributed by atoms with Crippen LogP contribution in [0, 0.1) is 0 Å². The molecule has 1 aromatic carbocycles. The molecule has 5 heteroatoms. The lowest BCUT2D eigenvalue weighted by Gasteiger charge is -2.45. The molecule has 0 N–H and O–H groups in total. The van der Waals surface area contributed by atoms with Crippen LogP contribution in [-0.2, 0) is 21.5 Å². The molecule has 3 heterocycles. The Balaban J connectivity index is 1.69. The molecule has 0 unspecified atom stereocenters. The van der Waals surface area contributed by atoms with E-state index in [0.717, 1.165) is 38.0 Å². The highest BCUT2D eigenvalue weighted by atomic mass is 16.7. The number of hydrogen-bond acceptors (Lipinski definition) is 4. The maximum atomic E-state index is 6.46. The molecule has 25 heavy (non-hydrogen) atoms. The Bertz CT molecular complexity index is 705. The highest BCUT2D eigenvalue weighted by molar-refractivity contribution is 5.38. The molecule has 1 spiro atoms. The predicted octanol–water partition coefficient (Wildman–Crippen LogP) is 3.12. The van der Waals surface area contributed by atoms with Gasteiger partial charge in [0, 0.05) is 32.2 Å². The fraction of sp³-hybridized carbons (Fsp3) is 0.550. The van der Waals surface area contributed by atoms with Crippen LogP contribution in [0.3, 0.4) is 0 Å². The van der Waals surface area contributed by atoms with Crippen LogP contribution in [0.15, 0.2) is 36.5 Å². The fourth-order valence-electron chi connectivity index (χ4n) is 4.23. The van der Waals surface area contributed by atoms with Crippen molar-refractivity contribution in [2.45, 2.75) is 44.5 Å². The van der Waals surface area contributed by atoms with Crippen LogP contribution in [0.1, 0.15) is 37.4 Å². The topological polar surface area (TPSA) is 39.5 Å². The largest absolute Gasteiger partial charge is 0.355 e. The minimum Gasteiger partial charge on any atom is -0.355 e. The number of nitrogens with zero attached hydrogens (tertiary/aromatic N) is 3. The van der Waals surface area contributed by atoms with Crippen LogP contribution in [0.2, 0.25) is 0 Å². The summed E-state index contributed by atoms with van der Waals surface area (Å²) in [6, 6.07) is 10.3. The van der Waals surface area contributed by atoms with Gasteiger partial charge >= 0.3 is 0 Å². The molecule has 134 valence electrons. The molecular weight excluding hydrogens is 314 g/mol. The Kier molecular flexibility index (Phi) is 4.63. The van der Waals surface area contributed by atoms with Crippen molar-refractivity contribution < 1.29 is 9.47 Å². The Morgan fingerprint density at radius 1 is 1.24 bits per heavy atom. The number of para-hydroxylation sites is 1. The summed E-state index contributed by atoms with van der Waals surface area (Å²) in [5.74, 6) is 0. The van der Waals surface area contributed by atoms with E-state index in [4.69, 9.17) is 14.6 Å². The van der Waals surface area contributed by atoms with E-state index in [1.807, 2.05) is 12.3 Å².